The number of hydrogen-bond donors (Lipinski definition) is 1. The van der Waals surface area contributed by atoms with E-state index < -0.39 is 21.6 Å². The number of fused-ring (bicyclic) bond motifs is 3. The van der Waals surface area contributed by atoms with Gasteiger partial charge in [-0.1, -0.05) is 0 Å². The van der Waals surface area contributed by atoms with Crippen LogP contribution in [0.15, 0.2) is 52.3 Å². The van der Waals surface area contributed by atoms with E-state index in [2.05, 4.69) is 17.3 Å². The van der Waals surface area contributed by atoms with Gasteiger partial charge in [0, 0.05) is 17.6 Å². The number of nitrogens with zero attached hydrogens (tertiary/aromatic N) is 1. The summed E-state index contributed by atoms with van der Waals surface area (Å²) >= 11 is 0. The smallest absolute Gasteiger partial charge is 0.381 e. The lowest BCUT2D eigenvalue weighted by molar-refractivity contribution is -0.137. The number of benzene rings is 2. The van der Waals surface area contributed by atoms with E-state index in [1.54, 1.807) is 12.1 Å². The second kappa shape index (κ2) is 6.77. The summed E-state index contributed by atoms with van der Waals surface area (Å²) in [7, 11) is -1.81. The molecule has 0 saturated carbocycles. The second-order valence-electron chi connectivity index (χ2n) is 7.51. The first-order valence-corrected chi connectivity index (χ1v) is 10.7. The Morgan fingerprint density at radius 3 is 2.32 bits per heavy atom. The fraction of sp³-hybridized carbons (Fsp3) is 0.400. The van der Waals surface area contributed by atoms with E-state index in [0.29, 0.717) is 0 Å². The molecule has 2 atom stereocenters. The monoisotopic (exact) mass is 410 g/mol. The van der Waals surface area contributed by atoms with Crippen molar-refractivity contribution in [2.24, 2.45) is 0 Å². The molecule has 28 heavy (non-hydrogen) atoms. The maximum absolute atomic E-state index is 13.0. The predicted octanol–water partition coefficient (Wildman–Crippen LogP) is 4.14. The van der Waals surface area contributed by atoms with Crippen LogP contribution in [0.4, 0.5) is 18.9 Å². The number of rotatable bonds is 2. The van der Waals surface area contributed by atoms with Crippen LogP contribution in [0, 0.1) is 0 Å². The molecular formula is C20H21F3N2O2S. The molecule has 2 aromatic carbocycles. The second-order valence-corrected chi connectivity index (χ2v) is 9.46. The lowest BCUT2D eigenvalue weighted by Gasteiger charge is -2.16. The van der Waals surface area contributed by atoms with E-state index in [1.807, 2.05) is 0 Å². The van der Waals surface area contributed by atoms with Crippen molar-refractivity contribution in [2.75, 3.05) is 25.5 Å². The molecule has 1 fully saturated rings. The molecule has 4 rings (SSSR count). The Morgan fingerprint density at radius 2 is 1.64 bits per heavy atom. The van der Waals surface area contributed by atoms with Gasteiger partial charge in [-0.15, -0.1) is 0 Å². The minimum Gasteiger partial charge on any atom is -0.381 e. The molecule has 0 spiro atoms. The summed E-state index contributed by atoms with van der Waals surface area (Å²) in [5, 5.41) is 3.49. The summed E-state index contributed by atoms with van der Waals surface area (Å²) in [5.41, 5.74) is 1.06. The van der Waals surface area contributed by atoms with E-state index in [0.717, 1.165) is 61.4 Å². The number of anilines is 1. The van der Waals surface area contributed by atoms with Gasteiger partial charge < -0.3 is 10.2 Å². The maximum Gasteiger partial charge on any atom is 0.416 e. The van der Waals surface area contributed by atoms with E-state index >= 15 is 0 Å². The van der Waals surface area contributed by atoms with Crippen molar-refractivity contribution in [3.05, 3.63) is 53.6 Å². The SMILES string of the molecule is CN1CC[C@@H]2Nc3ccc(S(=O)(=O)c4ccc(C(F)(F)F)cc4)cc3[C@@H]2CC1. The molecule has 0 bridgehead atoms. The van der Waals surface area contributed by atoms with Crippen molar-refractivity contribution in [3.63, 3.8) is 0 Å². The van der Waals surface area contributed by atoms with Gasteiger partial charge in [-0.05, 0) is 81.0 Å². The van der Waals surface area contributed by atoms with Gasteiger partial charge >= 0.3 is 6.18 Å². The van der Waals surface area contributed by atoms with E-state index in [4.69, 9.17) is 0 Å². The van der Waals surface area contributed by atoms with Crippen molar-refractivity contribution >= 4 is 15.5 Å². The lowest BCUT2D eigenvalue weighted by atomic mass is 9.91. The third-order valence-corrected chi connectivity index (χ3v) is 7.46. The van der Waals surface area contributed by atoms with E-state index in [-0.39, 0.29) is 21.8 Å². The zero-order chi connectivity index (χ0) is 20.1. The number of nitrogens with one attached hydrogen (secondary N) is 1. The van der Waals surface area contributed by atoms with Gasteiger partial charge in [-0.3, -0.25) is 0 Å². The van der Waals surface area contributed by atoms with Crippen LogP contribution in [0.3, 0.4) is 0 Å². The Balaban J connectivity index is 1.67. The fourth-order valence-corrected chi connectivity index (χ4v) is 5.38. The highest BCUT2D eigenvalue weighted by molar-refractivity contribution is 7.91. The highest BCUT2D eigenvalue weighted by Gasteiger charge is 2.35. The molecule has 2 aliphatic rings. The Labute approximate surface area is 162 Å². The fourth-order valence-electron chi connectivity index (χ4n) is 4.08. The molecule has 1 saturated heterocycles. The highest BCUT2D eigenvalue weighted by atomic mass is 32.2. The third kappa shape index (κ3) is 3.39. The molecule has 8 heteroatoms. The molecule has 0 amide bonds. The Kier molecular flexibility index (Phi) is 4.66. The Morgan fingerprint density at radius 1 is 1.00 bits per heavy atom. The molecule has 4 nitrogen and oxygen atoms in total. The predicted molar refractivity (Wildman–Crippen MR) is 100 cm³/mol. The van der Waals surface area contributed by atoms with Crippen molar-refractivity contribution in [3.8, 4) is 0 Å². The van der Waals surface area contributed by atoms with Crippen LogP contribution in [0.25, 0.3) is 0 Å². The van der Waals surface area contributed by atoms with Crippen molar-refractivity contribution in [2.45, 2.75) is 40.8 Å². The first-order valence-electron chi connectivity index (χ1n) is 9.17. The zero-order valence-corrected chi connectivity index (χ0v) is 16.1. The molecule has 150 valence electrons. The van der Waals surface area contributed by atoms with Gasteiger partial charge in [-0.2, -0.15) is 13.2 Å². The van der Waals surface area contributed by atoms with Crippen LogP contribution in [0.2, 0.25) is 0 Å². The van der Waals surface area contributed by atoms with Crippen LogP contribution in [0.5, 0.6) is 0 Å². The molecule has 0 unspecified atom stereocenters. The van der Waals surface area contributed by atoms with Crippen molar-refractivity contribution in [1.29, 1.82) is 0 Å². The number of sulfone groups is 1. The van der Waals surface area contributed by atoms with Crippen LogP contribution in [-0.4, -0.2) is 39.5 Å². The Hall–Kier alpha value is -2.06. The van der Waals surface area contributed by atoms with Crippen molar-refractivity contribution < 1.29 is 21.6 Å². The van der Waals surface area contributed by atoms with Gasteiger partial charge in [0.2, 0.25) is 9.84 Å². The van der Waals surface area contributed by atoms with Crippen LogP contribution >= 0.6 is 0 Å². The van der Waals surface area contributed by atoms with Crippen LogP contribution in [-0.2, 0) is 16.0 Å². The summed E-state index contributed by atoms with van der Waals surface area (Å²) in [6.07, 6.45) is -2.58. The summed E-state index contributed by atoms with van der Waals surface area (Å²) in [5.74, 6) is 0.239. The summed E-state index contributed by atoms with van der Waals surface area (Å²) < 4.78 is 64.2. The molecule has 0 aliphatic carbocycles. The van der Waals surface area contributed by atoms with Crippen LogP contribution in [0.1, 0.15) is 29.9 Å². The Bertz CT molecular complexity index is 988. The van der Waals surface area contributed by atoms with Gasteiger partial charge in [-0.25, -0.2) is 8.42 Å². The van der Waals surface area contributed by atoms with Gasteiger partial charge in [0.1, 0.15) is 0 Å². The average molecular weight is 410 g/mol. The largest absolute Gasteiger partial charge is 0.416 e. The van der Waals surface area contributed by atoms with Gasteiger partial charge in [0.15, 0.2) is 0 Å². The van der Waals surface area contributed by atoms with Crippen LogP contribution < -0.4 is 5.32 Å². The topological polar surface area (TPSA) is 49.4 Å². The standard InChI is InChI=1S/C20H21F3N2O2S/c1-25-10-8-16-17-12-15(6-7-18(17)24-19(16)9-11-25)28(26,27)14-4-2-13(3-5-14)20(21,22)23/h2-7,12,16,19,24H,8-11H2,1H3/t16-,19-/m0/s1. The summed E-state index contributed by atoms with van der Waals surface area (Å²) in [4.78, 5) is 2.25. The molecule has 1 N–H and O–H groups in total. The number of hydrogen-bond acceptors (Lipinski definition) is 4. The first kappa shape index (κ1) is 19.3. The van der Waals surface area contributed by atoms with Gasteiger partial charge in [0.25, 0.3) is 0 Å². The van der Waals surface area contributed by atoms with Crippen molar-refractivity contribution in [1.82, 2.24) is 4.90 Å². The van der Waals surface area contributed by atoms with Gasteiger partial charge in [0.05, 0.1) is 15.4 Å². The number of halogens is 3. The third-order valence-electron chi connectivity index (χ3n) is 5.69. The molecule has 0 radical (unpaired) electrons. The normalized spacial score (nSPS) is 22.9. The summed E-state index contributed by atoms with van der Waals surface area (Å²) in [6.45, 7) is 1.93. The minimum absolute atomic E-state index is 0.117. The maximum atomic E-state index is 13.0. The number of alkyl halides is 3. The minimum atomic E-state index is -4.50. The quantitative estimate of drug-likeness (QED) is 0.809. The summed E-state index contributed by atoms with van der Waals surface area (Å²) in [6, 6.07) is 8.91. The molecule has 2 aromatic rings. The van der Waals surface area contributed by atoms with E-state index in [9.17, 15) is 21.6 Å². The lowest BCUT2D eigenvalue weighted by Crippen LogP contribution is -2.22. The molecule has 0 aromatic heterocycles. The molecular weight excluding hydrogens is 389 g/mol. The molecule has 2 heterocycles. The average Bonchev–Trinajstić information content (AvgIpc) is 2.90. The number of likely N-dealkylation sites (tertiary alicyclic amines) is 1. The molecule has 2 aliphatic heterocycles. The highest BCUT2D eigenvalue weighted by Crippen LogP contribution is 2.42. The first-order chi connectivity index (χ1) is 13.2. The van der Waals surface area contributed by atoms with E-state index in [1.165, 1.54) is 6.07 Å². The zero-order valence-electron chi connectivity index (χ0n) is 15.3.